The van der Waals surface area contributed by atoms with E-state index in [1.165, 1.54) is 8.92 Å². The minimum absolute atomic E-state index is 0.00274. The molecule has 6 aromatic carbocycles. The van der Waals surface area contributed by atoms with Crippen molar-refractivity contribution in [2.24, 2.45) is 0 Å². The maximum absolute atomic E-state index is 9.02. The van der Waals surface area contributed by atoms with Gasteiger partial charge in [-0.3, -0.25) is 0 Å². The Hall–Kier alpha value is -6.66. The number of nitrogens with zero attached hydrogens (tertiary/aromatic N) is 5. The van der Waals surface area contributed by atoms with Crippen LogP contribution in [0.1, 0.15) is 40.0 Å². The smallest absolute Gasteiger partial charge is 0.0616 e. The minimum atomic E-state index is -0.550. The summed E-state index contributed by atoms with van der Waals surface area (Å²) in [5.41, 5.74) is 5.72. The van der Waals surface area contributed by atoms with Crippen LogP contribution in [0.5, 0.6) is 11.5 Å². The third kappa shape index (κ3) is 6.58. The molecule has 0 unspecified atom stereocenters. The predicted octanol–water partition coefficient (Wildman–Crippen LogP) is 11.6. The van der Waals surface area contributed by atoms with Crippen LogP contribution in [0.3, 0.4) is 0 Å². The van der Waals surface area contributed by atoms with Crippen LogP contribution in [0, 0.1) is 0 Å². The molecule has 2 aliphatic rings. The summed E-state index contributed by atoms with van der Waals surface area (Å²) in [5.74, 6) is 1.95. The Morgan fingerprint density at radius 1 is 0.621 bits per heavy atom. The van der Waals surface area contributed by atoms with Gasteiger partial charge in [0.1, 0.15) is 0 Å². The molecule has 10 rings (SSSR count). The molecule has 6 nitrogen and oxygen atoms in total. The van der Waals surface area contributed by atoms with Gasteiger partial charge in [0.2, 0.25) is 0 Å². The molecule has 0 fully saturated rings. The van der Waals surface area contributed by atoms with Crippen LogP contribution < -0.4 is 28.4 Å². The van der Waals surface area contributed by atoms with Gasteiger partial charge in [0.15, 0.2) is 0 Å². The number of rotatable bonds is 7. The fraction of sp³-hybridized carbons (Fsp3) is 0.0980. The van der Waals surface area contributed by atoms with E-state index in [4.69, 9.17) is 23.4 Å². The molecular formula is C51H41N5OSe. The van der Waals surface area contributed by atoms with E-state index in [2.05, 4.69) is 48.9 Å². The first-order valence-corrected chi connectivity index (χ1v) is 20.5. The predicted molar refractivity (Wildman–Crippen MR) is 240 cm³/mol. The fourth-order valence-electron chi connectivity index (χ4n) is 7.44. The summed E-state index contributed by atoms with van der Waals surface area (Å²) < 4.78 is 96.0. The van der Waals surface area contributed by atoms with Crippen molar-refractivity contribution in [1.29, 1.82) is 0 Å². The van der Waals surface area contributed by atoms with Gasteiger partial charge in [0, 0.05) is 11.1 Å². The summed E-state index contributed by atoms with van der Waals surface area (Å²) in [7, 11) is 0. The molecule has 0 atom stereocenters. The van der Waals surface area contributed by atoms with Crippen molar-refractivity contribution < 1.29 is 18.4 Å². The first-order valence-electron chi connectivity index (χ1n) is 23.8. The Morgan fingerprint density at radius 3 is 2.02 bits per heavy atom. The molecule has 282 valence electrons. The van der Waals surface area contributed by atoms with Crippen LogP contribution in [0.15, 0.2) is 182 Å². The number of para-hydroxylation sites is 3. The van der Waals surface area contributed by atoms with Crippen LogP contribution in [-0.2, 0) is 5.41 Å². The second kappa shape index (κ2) is 14.7. The van der Waals surface area contributed by atoms with E-state index >= 15 is 0 Å². The minimum Gasteiger partial charge on any atom is -0.0616 e. The number of fused-ring (bicyclic) bond motifs is 3. The van der Waals surface area contributed by atoms with Crippen molar-refractivity contribution >= 4 is 63.8 Å². The molecule has 0 spiro atoms. The second-order valence-corrected chi connectivity index (χ2v) is 17.1. The average molecular weight is 829 g/mol. The molecule has 0 saturated carbocycles. The molecule has 0 radical (unpaired) electrons. The summed E-state index contributed by atoms with van der Waals surface area (Å²) >= 11 is 0.00274. The Kier molecular flexibility index (Phi) is 6.66. The van der Waals surface area contributed by atoms with E-state index in [1.807, 2.05) is 95.1 Å². The summed E-state index contributed by atoms with van der Waals surface area (Å²) in [6.07, 6.45) is 5.55. The van der Waals surface area contributed by atoms with Gasteiger partial charge in [-0.1, -0.05) is 84.7 Å². The van der Waals surface area contributed by atoms with Gasteiger partial charge >= 0.3 is 241 Å². The number of hydrogen-bond acceptors (Lipinski definition) is 6. The number of ether oxygens (including phenoxy) is 1. The van der Waals surface area contributed by atoms with E-state index in [0.717, 1.165) is 34.1 Å². The van der Waals surface area contributed by atoms with Crippen molar-refractivity contribution in [3.8, 4) is 33.8 Å². The summed E-state index contributed by atoms with van der Waals surface area (Å²) in [6.45, 7) is 6.66. The Balaban J connectivity index is 1.07. The number of hydrogen-bond donors (Lipinski definition) is 0. The van der Waals surface area contributed by atoms with Crippen LogP contribution in [-0.4, -0.2) is 31.6 Å². The zero-order chi connectivity index (χ0) is 47.9. The van der Waals surface area contributed by atoms with Gasteiger partial charge in [0.25, 0.3) is 0 Å². The molecule has 0 N–H and O–H groups in total. The van der Waals surface area contributed by atoms with E-state index in [1.54, 1.807) is 18.2 Å². The van der Waals surface area contributed by atoms with Crippen molar-refractivity contribution in [1.82, 2.24) is 9.97 Å². The maximum Gasteiger partial charge on any atom is 0.0629 e. The van der Waals surface area contributed by atoms with Gasteiger partial charge in [0.05, 0.1) is 13.7 Å². The van der Waals surface area contributed by atoms with Crippen molar-refractivity contribution in [2.45, 2.75) is 26.2 Å². The summed E-state index contributed by atoms with van der Waals surface area (Å²) in [4.78, 5) is 15.4. The first-order chi connectivity index (χ1) is 32.5. The molecule has 0 saturated heterocycles. The molecule has 8 aromatic rings. The standard InChI is InChI=1S/C51H41N5OSe/c1-51(2,3)37-26-29-53-49(30-37)56-45-32-40(24-25-47(45)58-48-27-28-52-33-46(48)56)57-39-19-12-18-38(31-39)54-34-55(44-23-11-10-22-43(44)54)50-41(35-14-6-4-7-15-35)20-13-21-42(50)36-16-8-5-9-17-36/h4-33H,34H2,1-3H3/i4D,5D,6D,7D,8D,9D,14D,15D,16D,17D. The molecule has 58 heavy (non-hydrogen) atoms. The van der Waals surface area contributed by atoms with Gasteiger partial charge in [-0.15, -0.1) is 0 Å². The normalized spacial score (nSPS) is 15.6. The molecule has 7 heteroatoms. The van der Waals surface area contributed by atoms with E-state index < -0.39 is 60.4 Å². The third-order valence-electron chi connectivity index (χ3n) is 10.2. The molecule has 0 bridgehead atoms. The Labute approximate surface area is 360 Å². The van der Waals surface area contributed by atoms with Crippen molar-refractivity contribution in [3.05, 3.63) is 188 Å². The van der Waals surface area contributed by atoms with Crippen molar-refractivity contribution in [2.75, 3.05) is 21.4 Å². The Morgan fingerprint density at radius 2 is 1.29 bits per heavy atom. The Bertz CT molecular complexity index is 3240. The quantitative estimate of drug-likeness (QED) is 0.149. The molecule has 4 heterocycles. The summed E-state index contributed by atoms with van der Waals surface area (Å²) in [5, 5.41) is 0. The number of pyridine rings is 2. The van der Waals surface area contributed by atoms with Crippen molar-refractivity contribution in [3.63, 3.8) is 0 Å². The molecule has 2 aromatic heterocycles. The van der Waals surface area contributed by atoms with E-state index in [0.29, 0.717) is 22.9 Å². The average Bonchev–Trinajstić information content (AvgIpc) is 3.72. The van der Waals surface area contributed by atoms with Gasteiger partial charge in [-0.25, -0.2) is 0 Å². The first kappa shape index (κ1) is 26.3. The fourth-order valence-corrected chi connectivity index (χ4v) is 9.55. The van der Waals surface area contributed by atoms with Crippen LogP contribution >= 0.6 is 0 Å². The summed E-state index contributed by atoms with van der Waals surface area (Å²) in [6, 6.07) is 27.5. The second-order valence-electron chi connectivity index (χ2n) is 14.9. The monoisotopic (exact) mass is 829 g/mol. The van der Waals surface area contributed by atoms with Crippen LogP contribution in [0.2, 0.25) is 0 Å². The number of aromatic nitrogens is 2. The van der Waals surface area contributed by atoms with E-state index in [-0.39, 0.29) is 49.3 Å². The van der Waals surface area contributed by atoms with Crippen LogP contribution in [0.25, 0.3) is 22.3 Å². The van der Waals surface area contributed by atoms with Crippen LogP contribution in [0.4, 0.5) is 39.9 Å². The molecule has 0 amide bonds. The van der Waals surface area contributed by atoms with E-state index in [9.17, 15) is 0 Å². The number of benzene rings is 6. The zero-order valence-electron chi connectivity index (χ0n) is 41.8. The molecule has 2 aliphatic heterocycles. The largest absolute Gasteiger partial charge is 0.0629 e. The molecular weight excluding hydrogens is 778 g/mol. The van der Waals surface area contributed by atoms with Gasteiger partial charge in [-0.2, -0.15) is 0 Å². The maximum atomic E-state index is 9.02. The number of anilines is 7. The van der Waals surface area contributed by atoms with Gasteiger partial charge < -0.3 is 0 Å². The SMILES string of the molecule is [2H]c1c([2H])c([2H])c(-c2cccc(-c3c([2H])c([2H])c([2H])c([2H])c3[2H])c2N2CN(c3cccc(Oc4ccc5c(c4)N(c4cc(C(C)(C)C)ccn4)c4cnccc4[Se]5)c3)c3ccccc32)c([2H])c1[2H]. The van der Waals surface area contributed by atoms with Gasteiger partial charge in [-0.05, 0) is 11.1 Å². The zero-order valence-corrected chi connectivity index (χ0v) is 33.5. The topological polar surface area (TPSA) is 44.7 Å². The molecule has 0 aliphatic carbocycles. The third-order valence-corrected chi connectivity index (χ3v) is 12.6.